The Bertz CT molecular complexity index is 627. The molecule has 0 unspecified atom stereocenters. The molecular formula is C15H14F3NO2. The van der Waals surface area contributed by atoms with Gasteiger partial charge in [-0.25, -0.2) is 0 Å². The number of nitrogens with two attached hydrogens (primary N) is 1. The monoisotopic (exact) mass is 297 g/mol. The predicted octanol–water partition coefficient (Wildman–Crippen LogP) is 4.48. The predicted molar refractivity (Wildman–Crippen MR) is 73.5 cm³/mol. The average Bonchev–Trinajstić information content (AvgIpc) is 2.40. The molecule has 2 N–H and O–H groups in total. The zero-order chi connectivity index (χ0) is 15.5. The van der Waals surface area contributed by atoms with E-state index in [4.69, 9.17) is 15.2 Å². The summed E-state index contributed by atoms with van der Waals surface area (Å²) >= 11 is 0. The minimum absolute atomic E-state index is 0.0603. The van der Waals surface area contributed by atoms with Crippen molar-refractivity contribution in [1.82, 2.24) is 0 Å². The van der Waals surface area contributed by atoms with E-state index in [0.29, 0.717) is 18.1 Å². The summed E-state index contributed by atoms with van der Waals surface area (Å²) in [4.78, 5) is 0. The van der Waals surface area contributed by atoms with Gasteiger partial charge in [0.1, 0.15) is 17.2 Å². The summed E-state index contributed by atoms with van der Waals surface area (Å²) in [6.45, 7) is 2.33. The molecule has 0 radical (unpaired) electrons. The lowest BCUT2D eigenvalue weighted by Gasteiger charge is -2.13. The maximum absolute atomic E-state index is 12.8. The molecule has 0 bridgehead atoms. The van der Waals surface area contributed by atoms with Crippen LogP contribution in [0.5, 0.6) is 17.2 Å². The summed E-state index contributed by atoms with van der Waals surface area (Å²) in [5, 5.41) is 0. The average molecular weight is 297 g/mol. The molecule has 0 aromatic heterocycles. The van der Waals surface area contributed by atoms with Crippen LogP contribution in [0.1, 0.15) is 12.5 Å². The molecule has 21 heavy (non-hydrogen) atoms. The molecule has 0 fully saturated rings. The van der Waals surface area contributed by atoms with Crippen molar-refractivity contribution in [3.63, 3.8) is 0 Å². The van der Waals surface area contributed by atoms with Gasteiger partial charge in [0.25, 0.3) is 0 Å². The number of hydrogen-bond acceptors (Lipinski definition) is 3. The van der Waals surface area contributed by atoms with E-state index in [-0.39, 0.29) is 11.4 Å². The zero-order valence-corrected chi connectivity index (χ0v) is 11.3. The van der Waals surface area contributed by atoms with Crippen molar-refractivity contribution in [3.8, 4) is 17.2 Å². The Kier molecular flexibility index (Phi) is 4.26. The summed E-state index contributed by atoms with van der Waals surface area (Å²) in [6, 6.07) is 10.1. The number of halogens is 3. The quantitative estimate of drug-likeness (QED) is 0.846. The van der Waals surface area contributed by atoms with Gasteiger partial charge in [-0.2, -0.15) is 13.2 Å². The van der Waals surface area contributed by atoms with Crippen molar-refractivity contribution >= 4 is 5.69 Å². The Balaban J connectivity index is 2.26. The van der Waals surface area contributed by atoms with Crippen LogP contribution in [0.2, 0.25) is 0 Å². The summed E-state index contributed by atoms with van der Waals surface area (Å²) in [6.07, 6.45) is -4.52. The molecule has 2 aromatic rings. The van der Waals surface area contributed by atoms with E-state index in [1.54, 1.807) is 24.3 Å². The maximum atomic E-state index is 12.8. The fourth-order valence-corrected chi connectivity index (χ4v) is 1.77. The third kappa shape index (κ3) is 3.81. The van der Waals surface area contributed by atoms with Crippen molar-refractivity contribution < 1.29 is 22.6 Å². The molecule has 0 atom stereocenters. The van der Waals surface area contributed by atoms with E-state index in [2.05, 4.69) is 0 Å². The molecule has 0 aliphatic rings. The van der Waals surface area contributed by atoms with Crippen LogP contribution in [0.15, 0.2) is 42.5 Å². The molecule has 0 aliphatic carbocycles. The molecule has 0 saturated carbocycles. The highest BCUT2D eigenvalue weighted by Crippen LogP contribution is 2.37. The SMILES string of the molecule is CCOc1cccc(Oc2ccc(N)c(C(F)(F)F)c2)c1. The zero-order valence-electron chi connectivity index (χ0n) is 11.3. The number of ether oxygens (including phenoxy) is 2. The third-order valence-corrected chi connectivity index (χ3v) is 2.68. The van der Waals surface area contributed by atoms with E-state index in [9.17, 15) is 13.2 Å². The number of alkyl halides is 3. The van der Waals surface area contributed by atoms with Gasteiger partial charge in [0.2, 0.25) is 0 Å². The van der Waals surface area contributed by atoms with Crippen LogP contribution in [-0.2, 0) is 6.18 Å². The molecular weight excluding hydrogens is 283 g/mol. The summed E-state index contributed by atoms with van der Waals surface area (Å²) in [5.74, 6) is 1.03. The maximum Gasteiger partial charge on any atom is 0.418 e. The van der Waals surface area contributed by atoms with Crippen molar-refractivity contribution in [2.24, 2.45) is 0 Å². The topological polar surface area (TPSA) is 44.5 Å². The molecule has 112 valence electrons. The second-order valence-electron chi connectivity index (χ2n) is 4.26. The van der Waals surface area contributed by atoms with Crippen molar-refractivity contribution in [3.05, 3.63) is 48.0 Å². The van der Waals surface area contributed by atoms with Gasteiger partial charge in [0.05, 0.1) is 12.2 Å². The van der Waals surface area contributed by atoms with Gasteiger partial charge in [-0.05, 0) is 37.3 Å². The van der Waals surface area contributed by atoms with E-state index < -0.39 is 11.7 Å². The molecule has 0 amide bonds. The highest BCUT2D eigenvalue weighted by Gasteiger charge is 2.33. The minimum atomic E-state index is -4.52. The first-order chi connectivity index (χ1) is 9.90. The molecule has 3 nitrogen and oxygen atoms in total. The first kappa shape index (κ1) is 15.0. The van der Waals surface area contributed by atoms with Gasteiger partial charge >= 0.3 is 6.18 Å². The van der Waals surface area contributed by atoms with Gasteiger partial charge in [0, 0.05) is 11.8 Å². The Morgan fingerprint density at radius 2 is 1.67 bits per heavy atom. The van der Waals surface area contributed by atoms with Crippen molar-refractivity contribution in [1.29, 1.82) is 0 Å². The fourth-order valence-electron chi connectivity index (χ4n) is 1.77. The lowest BCUT2D eigenvalue weighted by molar-refractivity contribution is -0.137. The Labute approximate surface area is 120 Å². The highest BCUT2D eigenvalue weighted by molar-refractivity contribution is 5.52. The second kappa shape index (κ2) is 5.95. The Morgan fingerprint density at radius 1 is 1.00 bits per heavy atom. The highest BCUT2D eigenvalue weighted by atomic mass is 19.4. The Morgan fingerprint density at radius 3 is 2.33 bits per heavy atom. The van der Waals surface area contributed by atoms with Crippen LogP contribution in [0.4, 0.5) is 18.9 Å². The van der Waals surface area contributed by atoms with Gasteiger partial charge < -0.3 is 15.2 Å². The second-order valence-corrected chi connectivity index (χ2v) is 4.26. The van der Waals surface area contributed by atoms with Crippen LogP contribution in [-0.4, -0.2) is 6.61 Å². The largest absolute Gasteiger partial charge is 0.494 e. The van der Waals surface area contributed by atoms with Crippen LogP contribution >= 0.6 is 0 Å². The van der Waals surface area contributed by atoms with E-state index in [1.807, 2.05) is 6.92 Å². The summed E-state index contributed by atoms with van der Waals surface area (Å²) < 4.78 is 49.1. The number of anilines is 1. The van der Waals surface area contributed by atoms with Gasteiger partial charge in [-0.15, -0.1) is 0 Å². The molecule has 0 aliphatic heterocycles. The molecule has 0 heterocycles. The van der Waals surface area contributed by atoms with Crippen LogP contribution in [0.25, 0.3) is 0 Å². The number of nitrogen functional groups attached to an aromatic ring is 1. The van der Waals surface area contributed by atoms with Gasteiger partial charge in [-0.3, -0.25) is 0 Å². The Hall–Kier alpha value is -2.37. The normalized spacial score (nSPS) is 11.2. The molecule has 0 saturated heterocycles. The van der Waals surface area contributed by atoms with E-state index in [0.717, 1.165) is 6.07 Å². The molecule has 2 rings (SSSR count). The van der Waals surface area contributed by atoms with Crippen LogP contribution in [0, 0.1) is 0 Å². The number of benzene rings is 2. The van der Waals surface area contributed by atoms with Crippen molar-refractivity contribution in [2.75, 3.05) is 12.3 Å². The summed E-state index contributed by atoms with van der Waals surface area (Å²) in [5.41, 5.74) is 4.09. The van der Waals surface area contributed by atoms with Crippen LogP contribution in [0.3, 0.4) is 0 Å². The molecule has 0 spiro atoms. The van der Waals surface area contributed by atoms with E-state index >= 15 is 0 Å². The summed E-state index contributed by atoms with van der Waals surface area (Å²) in [7, 11) is 0. The van der Waals surface area contributed by atoms with Crippen LogP contribution < -0.4 is 15.2 Å². The fraction of sp³-hybridized carbons (Fsp3) is 0.200. The molecule has 6 heteroatoms. The number of rotatable bonds is 4. The lowest BCUT2D eigenvalue weighted by Crippen LogP contribution is -2.08. The minimum Gasteiger partial charge on any atom is -0.494 e. The smallest absolute Gasteiger partial charge is 0.418 e. The number of hydrogen-bond donors (Lipinski definition) is 1. The standard InChI is InChI=1S/C15H14F3NO2/c1-2-20-10-4-3-5-11(8-10)21-12-6-7-14(19)13(9-12)15(16,17)18/h3-9H,2,19H2,1H3. The first-order valence-electron chi connectivity index (χ1n) is 6.27. The third-order valence-electron chi connectivity index (χ3n) is 2.68. The van der Waals surface area contributed by atoms with Gasteiger partial charge in [-0.1, -0.05) is 6.07 Å². The molecule has 2 aromatic carbocycles. The lowest BCUT2D eigenvalue weighted by atomic mass is 10.1. The van der Waals surface area contributed by atoms with Gasteiger partial charge in [0.15, 0.2) is 0 Å². The van der Waals surface area contributed by atoms with E-state index in [1.165, 1.54) is 12.1 Å². The first-order valence-corrected chi connectivity index (χ1v) is 6.27. The van der Waals surface area contributed by atoms with Crippen molar-refractivity contribution in [2.45, 2.75) is 13.1 Å².